The lowest BCUT2D eigenvalue weighted by Crippen LogP contribution is -2.41. The van der Waals surface area contributed by atoms with Gasteiger partial charge in [0.25, 0.3) is 0 Å². The number of hydrogen-bond acceptors (Lipinski definition) is 9. The number of aliphatic hydroxyl groups is 1. The molecule has 0 fully saturated rings. The molecule has 2 atom stereocenters. The van der Waals surface area contributed by atoms with Gasteiger partial charge in [0, 0.05) is 22.4 Å². The summed E-state index contributed by atoms with van der Waals surface area (Å²) < 4.78 is 36.4. The lowest BCUT2D eigenvalue weighted by atomic mass is 9.90. The average Bonchev–Trinajstić information content (AvgIpc) is 3.62. The Morgan fingerprint density at radius 2 is 1.83 bits per heavy atom. The van der Waals surface area contributed by atoms with Crippen LogP contribution in [0.3, 0.4) is 0 Å². The SMILES string of the molecule is C[C@@H](Sc1nc(-c2ccc(-n3cncn3)cc2)ns1)[C@](O)(Cn1cncn1)c1ccc(F)cc1F. The molecule has 0 aliphatic carbocycles. The lowest BCUT2D eigenvalue weighted by molar-refractivity contribution is 0.0133. The van der Waals surface area contributed by atoms with Crippen LogP contribution in [0.25, 0.3) is 17.1 Å². The van der Waals surface area contributed by atoms with Gasteiger partial charge in [0.05, 0.1) is 12.2 Å². The number of nitrogens with zero attached hydrogens (tertiary/aromatic N) is 8. The Morgan fingerprint density at radius 3 is 2.51 bits per heavy atom. The third kappa shape index (κ3) is 4.83. The molecule has 35 heavy (non-hydrogen) atoms. The van der Waals surface area contributed by atoms with Gasteiger partial charge in [-0.1, -0.05) is 17.8 Å². The Labute approximate surface area is 206 Å². The summed E-state index contributed by atoms with van der Waals surface area (Å²) in [6, 6.07) is 10.7. The second-order valence-corrected chi connectivity index (χ2v) is 10.0. The quantitative estimate of drug-likeness (QED) is 0.314. The van der Waals surface area contributed by atoms with Gasteiger partial charge in [-0.2, -0.15) is 14.6 Å². The number of hydrogen-bond donors (Lipinski definition) is 1. The number of thioether (sulfide) groups is 1. The van der Waals surface area contributed by atoms with Crippen LogP contribution in [-0.4, -0.2) is 49.2 Å². The van der Waals surface area contributed by atoms with Crippen molar-refractivity contribution in [1.82, 2.24) is 38.9 Å². The molecule has 0 unspecified atom stereocenters. The van der Waals surface area contributed by atoms with Gasteiger partial charge in [-0.25, -0.2) is 33.1 Å². The highest BCUT2D eigenvalue weighted by atomic mass is 32.2. The van der Waals surface area contributed by atoms with E-state index in [0.29, 0.717) is 10.2 Å². The summed E-state index contributed by atoms with van der Waals surface area (Å²) in [6.45, 7) is 1.66. The van der Waals surface area contributed by atoms with Crippen LogP contribution in [0, 0.1) is 11.6 Å². The topological polar surface area (TPSA) is 107 Å². The van der Waals surface area contributed by atoms with Crippen molar-refractivity contribution in [2.75, 3.05) is 0 Å². The predicted molar refractivity (Wildman–Crippen MR) is 126 cm³/mol. The van der Waals surface area contributed by atoms with Crippen LogP contribution in [0.4, 0.5) is 8.78 Å². The molecule has 0 spiro atoms. The normalized spacial score (nSPS) is 14.1. The van der Waals surface area contributed by atoms with Crippen LogP contribution in [0.1, 0.15) is 12.5 Å². The van der Waals surface area contributed by atoms with Crippen molar-refractivity contribution in [3.05, 3.63) is 85.0 Å². The molecule has 9 nitrogen and oxygen atoms in total. The summed E-state index contributed by atoms with van der Waals surface area (Å²) in [5, 5.41) is 19.2. The van der Waals surface area contributed by atoms with Crippen molar-refractivity contribution in [2.45, 2.75) is 28.7 Å². The van der Waals surface area contributed by atoms with Crippen molar-refractivity contribution in [3.8, 4) is 17.1 Å². The first-order valence-corrected chi connectivity index (χ1v) is 12.0. The van der Waals surface area contributed by atoms with Crippen molar-refractivity contribution >= 4 is 23.3 Å². The van der Waals surface area contributed by atoms with Gasteiger partial charge in [-0.15, -0.1) is 0 Å². The molecule has 5 aromatic rings. The van der Waals surface area contributed by atoms with Crippen molar-refractivity contribution < 1.29 is 13.9 Å². The molecule has 13 heteroatoms. The minimum Gasteiger partial charge on any atom is -0.382 e. The van der Waals surface area contributed by atoms with Gasteiger partial charge in [-0.05, 0) is 48.8 Å². The van der Waals surface area contributed by atoms with E-state index in [2.05, 4.69) is 29.5 Å². The maximum atomic E-state index is 14.7. The molecule has 0 saturated heterocycles. The summed E-state index contributed by atoms with van der Waals surface area (Å²) in [4.78, 5) is 12.4. The fourth-order valence-corrected chi connectivity index (χ4v) is 5.56. The summed E-state index contributed by atoms with van der Waals surface area (Å²) in [5.41, 5.74) is -0.111. The number of rotatable bonds is 8. The molecule has 0 saturated carbocycles. The number of benzene rings is 2. The van der Waals surface area contributed by atoms with E-state index in [1.54, 1.807) is 17.9 Å². The molecule has 0 aliphatic rings. The number of aromatic nitrogens is 8. The van der Waals surface area contributed by atoms with Crippen molar-refractivity contribution in [1.29, 1.82) is 0 Å². The molecule has 0 amide bonds. The van der Waals surface area contributed by atoms with Gasteiger partial charge in [0.1, 0.15) is 42.5 Å². The predicted octanol–water partition coefficient (Wildman–Crippen LogP) is 3.72. The van der Waals surface area contributed by atoms with E-state index < -0.39 is 22.5 Å². The van der Waals surface area contributed by atoms with E-state index >= 15 is 0 Å². The van der Waals surface area contributed by atoms with E-state index in [9.17, 15) is 13.9 Å². The summed E-state index contributed by atoms with van der Waals surface area (Å²) in [5.74, 6) is -1.04. The van der Waals surface area contributed by atoms with Crippen LogP contribution in [0.15, 0.2) is 72.1 Å². The maximum absolute atomic E-state index is 14.7. The third-order valence-corrected chi connectivity index (χ3v) is 7.49. The summed E-state index contributed by atoms with van der Waals surface area (Å²) in [6.07, 6.45) is 5.82. The van der Waals surface area contributed by atoms with E-state index in [-0.39, 0.29) is 12.1 Å². The second-order valence-electron chi connectivity index (χ2n) is 7.67. The monoisotopic (exact) mass is 512 g/mol. The second kappa shape index (κ2) is 9.60. The van der Waals surface area contributed by atoms with Crippen LogP contribution >= 0.6 is 23.3 Å². The van der Waals surface area contributed by atoms with Crippen LogP contribution < -0.4 is 0 Å². The molecule has 0 radical (unpaired) electrons. The molecular formula is C22H18F2N8OS2. The fourth-order valence-electron chi connectivity index (χ4n) is 3.56. The van der Waals surface area contributed by atoms with Crippen molar-refractivity contribution in [3.63, 3.8) is 0 Å². The van der Waals surface area contributed by atoms with Crippen molar-refractivity contribution in [2.24, 2.45) is 0 Å². The lowest BCUT2D eigenvalue weighted by Gasteiger charge is -2.33. The maximum Gasteiger partial charge on any atom is 0.174 e. The Morgan fingerprint density at radius 1 is 1.06 bits per heavy atom. The zero-order chi connectivity index (χ0) is 24.4. The van der Waals surface area contributed by atoms with Gasteiger partial charge in [0.2, 0.25) is 0 Å². The minimum atomic E-state index is -1.73. The first-order valence-electron chi connectivity index (χ1n) is 10.4. The van der Waals surface area contributed by atoms with Gasteiger partial charge in [-0.3, -0.25) is 0 Å². The first-order chi connectivity index (χ1) is 16.9. The van der Waals surface area contributed by atoms with E-state index in [1.165, 1.54) is 53.0 Å². The third-order valence-electron chi connectivity index (χ3n) is 5.43. The highest BCUT2D eigenvalue weighted by Crippen LogP contribution is 2.40. The van der Waals surface area contributed by atoms with Crippen LogP contribution in [0.5, 0.6) is 0 Å². The van der Waals surface area contributed by atoms with Gasteiger partial charge in [0.15, 0.2) is 10.2 Å². The van der Waals surface area contributed by atoms with E-state index in [1.807, 2.05) is 24.3 Å². The zero-order valence-electron chi connectivity index (χ0n) is 18.2. The first kappa shape index (κ1) is 23.2. The zero-order valence-corrected chi connectivity index (χ0v) is 19.9. The largest absolute Gasteiger partial charge is 0.382 e. The van der Waals surface area contributed by atoms with Crippen LogP contribution in [0.2, 0.25) is 0 Å². The molecular weight excluding hydrogens is 494 g/mol. The number of halogens is 2. The molecule has 0 aliphatic heterocycles. The molecule has 2 aromatic carbocycles. The highest BCUT2D eigenvalue weighted by molar-refractivity contribution is 8.01. The molecule has 5 rings (SSSR count). The average molecular weight is 513 g/mol. The molecule has 3 heterocycles. The molecule has 3 aromatic heterocycles. The Kier molecular flexibility index (Phi) is 6.36. The Bertz CT molecular complexity index is 1410. The van der Waals surface area contributed by atoms with Crippen LogP contribution in [-0.2, 0) is 12.1 Å². The standard InChI is InChI=1S/C22H18F2N8OS2/c1-14(22(33,9-31-12-25-10-27-31)18-7-4-16(23)8-19(18)24)34-21-29-20(30-35-21)15-2-5-17(6-3-15)32-13-26-11-28-32/h2-8,10-14,33H,9H2,1H3/t14-,22-/m1/s1. The Hall–Kier alpha value is -3.55. The molecule has 0 bridgehead atoms. The van der Waals surface area contributed by atoms with E-state index in [0.717, 1.165) is 23.4 Å². The Balaban J connectivity index is 1.39. The molecule has 178 valence electrons. The smallest absolute Gasteiger partial charge is 0.174 e. The summed E-state index contributed by atoms with van der Waals surface area (Å²) in [7, 11) is 0. The molecule has 1 N–H and O–H groups in total. The van der Waals surface area contributed by atoms with E-state index in [4.69, 9.17) is 0 Å². The highest BCUT2D eigenvalue weighted by Gasteiger charge is 2.40. The summed E-state index contributed by atoms with van der Waals surface area (Å²) >= 11 is 2.42. The fraction of sp³-hybridized carbons (Fsp3) is 0.182. The van der Waals surface area contributed by atoms with Gasteiger partial charge < -0.3 is 5.11 Å². The minimum absolute atomic E-state index is 0.0390. The van der Waals surface area contributed by atoms with Gasteiger partial charge >= 0.3 is 0 Å².